The number of thioether (sulfide) groups is 1. The second-order valence-electron chi connectivity index (χ2n) is 5.54. The summed E-state index contributed by atoms with van der Waals surface area (Å²) >= 11 is 5.10. The zero-order chi connectivity index (χ0) is 18.2. The third kappa shape index (κ3) is 5.38. The molecule has 3 rings (SSSR count). The Bertz CT molecular complexity index is 871. The number of carbonyl (C=O) groups excluding carboxylic acids is 1. The van der Waals surface area contributed by atoms with Gasteiger partial charge in [-0.1, -0.05) is 64.5 Å². The Kier molecular flexibility index (Phi) is 6.75. The Morgan fingerprint density at radius 3 is 2.42 bits per heavy atom. The van der Waals surface area contributed by atoms with Crippen LogP contribution in [-0.4, -0.2) is 11.7 Å². The first-order chi connectivity index (χ1) is 12.7. The number of benzene rings is 3. The van der Waals surface area contributed by atoms with Gasteiger partial charge in [0.05, 0.1) is 11.4 Å². The number of nitrogens with one attached hydrogen (secondary N) is 1. The summed E-state index contributed by atoms with van der Waals surface area (Å²) in [5, 5.41) is 2.94. The summed E-state index contributed by atoms with van der Waals surface area (Å²) < 4.78 is 6.94. The van der Waals surface area contributed by atoms with Crippen LogP contribution in [0.1, 0.15) is 5.56 Å². The van der Waals surface area contributed by atoms with Crippen LogP contribution >= 0.6 is 27.7 Å². The van der Waals surface area contributed by atoms with Crippen molar-refractivity contribution in [2.45, 2.75) is 5.75 Å². The van der Waals surface area contributed by atoms with Gasteiger partial charge in [-0.2, -0.15) is 0 Å². The lowest BCUT2D eigenvalue weighted by atomic mass is 10.2. The summed E-state index contributed by atoms with van der Waals surface area (Å²) in [5.74, 6) is 2.46. The molecule has 0 aliphatic heterocycles. The van der Waals surface area contributed by atoms with E-state index in [0.29, 0.717) is 17.2 Å². The Labute approximate surface area is 165 Å². The van der Waals surface area contributed by atoms with Crippen LogP contribution in [-0.2, 0) is 10.5 Å². The van der Waals surface area contributed by atoms with Gasteiger partial charge in [-0.3, -0.25) is 4.79 Å². The van der Waals surface area contributed by atoms with Crippen molar-refractivity contribution in [1.82, 2.24) is 0 Å². The molecular weight excluding hydrogens is 410 g/mol. The van der Waals surface area contributed by atoms with Gasteiger partial charge >= 0.3 is 0 Å². The van der Waals surface area contributed by atoms with Gasteiger partial charge < -0.3 is 10.1 Å². The molecule has 0 fully saturated rings. The van der Waals surface area contributed by atoms with Crippen molar-refractivity contribution in [2.75, 3.05) is 11.1 Å². The summed E-state index contributed by atoms with van der Waals surface area (Å²) in [7, 11) is 0. The predicted molar refractivity (Wildman–Crippen MR) is 112 cm³/mol. The van der Waals surface area contributed by atoms with E-state index in [1.54, 1.807) is 11.8 Å². The van der Waals surface area contributed by atoms with E-state index < -0.39 is 0 Å². The fourth-order valence-corrected chi connectivity index (χ4v) is 3.77. The van der Waals surface area contributed by atoms with Gasteiger partial charge in [-0.15, -0.1) is 11.8 Å². The molecule has 3 aromatic rings. The summed E-state index contributed by atoms with van der Waals surface area (Å²) in [5.41, 5.74) is 1.85. The molecule has 0 heterocycles. The van der Waals surface area contributed by atoms with E-state index in [1.807, 2.05) is 72.8 Å². The third-order valence-electron chi connectivity index (χ3n) is 3.58. The molecule has 0 saturated heterocycles. The number of para-hydroxylation sites is 3. The highest BCUT2D eigenvalue weighted by Gasteiger charge is 2.09. The van der Waals surface area contributed by atoms with Crippen molar-refractivity contribution in [1.29, 1.82) is 0 Å². The molecule has 0 aromatic heterocycles. The van der Waals surface area contributed by atoms with Crippen LogP contribution in [0.2, 0.25) is 0 Å². The average Bonchev–Trinajstić information content (AvgIpc) is 2.66. The minimum absolute atomic E-state index is 0.0498. The molecule has 0 bridgehead atoms. The molecule has 3 aromatic carbocycles. The number of hydrogen-bond acceptors (Lipinski definition) is 3. The van der Waals surface area contributed by atoms with Crippen molar-refractivity contribution in [2.24, 2.45) is 0 Å². The summed E-state index contributed by atoms with van der Waals surface area (Å²) in [6.45, 7) is 0. The van der Waals surface area contributed by atoms with Crippen LogP contribution in [0.4, 0.5) is 5.69 Å². The highest BCUT2D eigenvalue weighted by molar-refractivity contribution is 9.10. The van der Waals surface area contributed by atoms with Gasteiger partial charge in [-0.05, 0) is 35.9 Å². The largest absolute Gasteiger partial charge is 0.455 e. The molecule has 0 radical (unpaired) electrons. The topological polar surface area (TPSA) is 38.3 Å². The Morgan fingerprint density at radius 2 is 1.62 bits per heavy atom. The van der Waals surface area contributed by atoms with Gasteiger partial charge in [-0.25, -0.2) is 0 Å². The maximum absolute atomic E-state index is 12.3. The minimum Gasteiger partial charge on any atom is -0.455 e. The van der Waals surface area contributed by atoms with E-state index in [2.05, 4.69) is 27.3 Å². The number of halogens is 1. The van der Waals surface area contributed by atoms with E-state index in [9.17, 15) is 4.79 Å². The van der Waals surface area contributed by atoms with E-state index in [4.69, 9.17) is 4.74 Å². The van der Waals surface area contributed by atoms with Gasteiger partial charge in [0.15, 0.2) is 5.75 Å². The van der Waals surface area contributed by atoms with Gasteiger partial charge in [0.2, 0.25) is 5.91 Å². The van der Waals surface area contributed by atoms with Crippen LogP contribution in [0, 0.1) is 0 Å². The molecule has 0 aliphatic rings. The zero-order valence-corrected chi connectivity index (χ0v) is 16.4. The minimum atomic E-state index is -0.0498. The summed E-state index contributed by atoms with van der Waals surface area (Å²) in [4.78, 5) is 12.3. The average molecular weight is 428 g/mol. The zero-order valence-electron chi connectivity index (χ0n) is 14.0. The number of rotatable bonds is 7. The molecule has 0 spiro atoms. The van der Waals surface area contributed by atoms with Crippen LogP contribution in [0.5, 0.6) is 11.5 Å². The number of ether oxygens (including phenoxy) is 1. The summed E-state index contributed by atoms with van der Waals surface area (Å²) in [6, 6.07) is 25.0. The Hall–Kier alpha value is -2.24. The van der Waals surface area contributed by atoms with Crippen LogP contribution in [0.25, 0.3) is 0 Å². The SMILES string of the molecule is O=C(CSCc1ccccc1Br)Nc1ccccc1Oc1ccccc1. The van der Waals surface area contributed by atoms with Gasteiger partial charge in [0, 0.05) is 10.2 Å². The molecule has 132 valence electrons. The highest BCUT2D eigenvalue weighted by Crippen LogP contribution is 2.29. The molecule has 1 N–H and O–H groups in total. The second kappa shape index (κ2) is 9.46. The summed E-state index contributed by atoms with van der Waals surface area (Å²) in [6.07, 6.45) is 0. The van der Waals surface area contributed by atoms with E-state index in [0.717, 1.165) is 16.0 Å². The van der Waals surface area contributed by atoms with Crippen LogP contribution in [0.3, 0.4) is 0 Å². The van der Waals surface area contributed by atoms with Gasteiger partial charge in [0.1, 0.15) is 5.75 Å². The quantitative estimate of drug-likeness (QED) is 0.493. The first-order valence-corrected chi connectivity index (χ1v) is 10.1. The van der Waals surface area contributed by atoms with E-state index >= 15 is 0 Å². The lowest BCUT2D eigenvalue weighted by Gasteiger charge is -2.12. The molecule has 26 heavy (non-hydrogen) atoms. The predicted octanol–water partition coefficient (Wildman–Crippen LogP) is 6.11. The molecule has 1 amide bonds. The monoisotopic (exact) mass is 427 g/mol. The fraction of sp³-hybridized carbons (Fsp3) is 0.0952. The molecule has 0 unspecified atom stereocenters. The molecule has 0 saturated carbocycles. The van der Waals surface area contributed by atoms with E-state index in [1.165, 1.54) is 5.56 Å². The third-order valence-corrected chi connectivity index (χ3v) is 5.34. The van der Waals surface area contributed by atoms with Gasteiger partial charge in [0.25, 0.3) is 0 Å². The van der Waals surface area contributed by atoms with Crippen LogP contribution in [0.15, 0.2) is 83.3 Å². The molecule has 3 nitrogen and oxygen atoms in total. The smallest absolute Gasteiger partial charge is 0.234 e. The maximum Gasteiger partial charge on any atom is 0.234 e. The Balaban J connectivity index is 1.57. The normalized spacial score (nSPS) is 10.3. The number of anilines is 1. The molecule has 5 heteroatoms. The van der Waals surface area contributed by atoms with Crippen molar-refractivity contribution in [3.63, 3.8) is 0 Å². The molecule has 0 atom stereocenters. The van der Waals surface area contributed by atoms with Crippen molar-refractivity contribution < 1.29 is 9.53 Å². The lowest BCUT2D eigenvalue weighted by Crippen LogP contribution is -2.14. The number of amides is 1. The van der Waals surface area contributed by atoms with Crippen molar-refractivity contribution >= 4 is 39.3 Å². The first kappa shape index (κ1) is 18.5. The standard InChI is InChI=1S/C21H18BrNO2S/c22-18-11-5-4-8-16(18)14-26-15-21(24)23-19-12-6-7-13-20(19)25-17-9-2-1-3-10-17/h1-13H,14-15H2,(H,23,24). The highest BCUT2D eigenvalue weighted by atomic mass is 79.9. The van der Waals surface area contributed by atoms with Crippen molar-refractivity contribution in [3.8, 4) is 11.5 Å². The lowest BCUT2D eigenvalue weighted by molar-refractivity contribution is -0.113. The van der Waals surface area contributed by atoms with Crippen molar-refractivity contribution in [3.05, 3.63) is 88.9 Å². The Morgan fingerprint density at radius 1 is 0.923 bits per heavy atom. The fourth-order valence-electron chi connectivity index (χ4n) is 2.33. The van der Waals surface area contributed by atoms with Crippen LogP contribution < -0.4 is 10.1 Å². The number of carbonyl (C=O) groups is 1. The second-order valence-corrected chi connectivity index (χ2v) is 7.38. The molecular formula is C21H18BrNO2S. The molecule has 0 aliphatic carbocycles. The van der Waals surface area contributed by atoms with E-state index in [-0.39, 0.29) is 5.91 Å². The number of hydrogen-bond donors (Lipinski definition) is 1. The maximum atomic E-state index is 12.3. The first-order valence-electron chi connectivity index (χ1n) is 8.15.